The van der Waals surface area contributed by atoms with Crippen LogP contribution in [0.4, 0.5) is 0 Å². The van der Waals surface area contributed by atoms with E-state index in [9.17, 15) is 5.11 Å². The molecule has 0 saturated heterocycles. The van der Waals surface area contributed by atoms with Gasteiger partial charge in [-0.25, -0.2) is 0 Å². The lowest BCUT2D eigenvalue weighted by atomic mass is 9.97. The quantitative estimate of drug-likeness (QED) is 0.885. The van der Waals surface area contributed by atoms with E-state index < -0.39 is 0 Å². The van der Waals surface area contributed by atoms with E-state index >= 15 is 0 Å². The van der Waals surface area contributed by atoms with Crippen molar-refractivity contribution in [1.82, 2.24) is 4.98 Å². The molecule has 2 fully saturated rings. The van der Waals surface area contributed by atoms with Gasteiger partial charge in [0.15, 0.2) is 0 Å². The van der Waals surface area contributed by atoms with Crippen molar-refractivity contribution >= 4 is 10.8 Å². The highest BCUT2D eigenvalue weighted by Gasteiger charge is 2.54. The molecule has 2 heteroatoms. The number of hydrogen-bond acceptors (Lipinski definition) is 2. The first kappa shape index (κ1) is 11.4. The second-order valence-electron chi connectivity index (χ2n) is 6.08. The van der Waals surface area contributed by atoms with E-state index in [4.69, 9.17) is 0 Å². The Hall–Kier alpha value is -1.41. The van der Waals surface area contributed by atoms with E-state index in [1.165, 1.54) is 25.7 Å². The molecule has 3 unspecified atom stereocenters. The highest BCUT2D eigenvalue weighted by atomic mass is 16.3. The van der Waals surface area contributed by atoms with Gasteiger partial charge in [0.05, 0.1) is 6.10 Å². The number of hydrogen-bond donors (Lipinski definition) is 1. The molecule has 98 valence electrons. The summed E-state index contributed by atoms with van der Waals surface area (Å²) in [6.07, 6.45) is 8.74. The average Bonchev–Trinajstić information content (AvgIpc) is 3.20. The molecule has 1 heterocycles. The summed E-state index contributed by atoms with van der Waals surface area (Å²) in [5.74, 6) is 2.06. The van der Waals surface area contributed by atoms with Crippen LogP contribution in [0.25, 0.3) is 10.8 Å². The van der Waals surface area contributed by atoms with Crippen LogP contribution in [0.3, 0.4) is 0 Å². The molecule has 0 bridgehead atoms. The molecule has 0 spiro atoms. The summed E-state index contributed by atoms with van der Waals surface area (Å²) in [4.78, 5) is 4.16. The van der Waals surface area contributed by atoms with Gasteiger partial charge in [-0.2, -0.15) is 0 Å². The summed E-state index contributed by atoms with van der Waals surface area (Å²) in [7, 11) is 0. The molecule has 2 aliphatic carbocycles. The lowest BCUT2D eigenvalue weighted by molar-refractivity contribution is 0.143. The third kappa shape index (κ3) is 1.78. The first-order valence-electron chi connectivity index (χ1n) is 7.37. The second kappa shape index (κ2) is 4.31. The molecule has 0 amide bonds. The molecular weight excluding hydrogens is 234 g/mol. The Morgan fingerprint density at radius 3 is 2.68 bits per heavy atom. The van der Waals surface area contributed by atoms with Crippen molar-refractivity contribution in [2.24, 2.45) is 17.8 Å². The normalized spacial score (nSPS) is 30.9. The van der Waals surface area contributed by atoms with Gasteiger partial charge >= 0.3 is 0 Å². The lowest BCUT2D eigenvalue weighted by Crippen LogP contribution is -2.03. The zero-order chi connectivity index (χ0) is 12.8. The number of fused-ring (bicyclic) bond motifs is 2. The van der Waals surface area contributed by atoms with Gasteiger partial charge in [0.25, 0.3) is 0 Å². The van der Waals surface area contributed by atoms with Crippen molar-refractivity contribution in [2.75, 3.05) is 0 Å². The van der Waals surface area contributed by atoms with Crippen LogP contribution < -0.4 is 0 Å². The van der Waals surface area contributed by atoms with Crippen LogP contribution >= 0.6 is 0 Å². The summed E-state index contributed by atoms with van der Waals surface area (Å²) >= 11 is 0. The smallest absolute Gasteiger partial charge is 0.0829 e. The molecule has 3 atom stereocenters. The van der Waals surface area contributed by atoms with Crippen LogP contribution in [-0.2, 0) is 0 Å². The molecule has 4 rings (SSSR count). The van der Waals surface area contributed by atoms with Gasteiger partial charge in [-0.1, -0.05) is 31.0 Å². The number of rotatable bonds is 2. The Balaban J connectivity index is 1.71. The number of pyridine rings is 1. The summed E-state index contributed by atoms with van der Waals surface area (Å²) in [6.45, 7) is 0. The van der Waals surface area contributed by atoms with Crippen molar-refractivity contribution in [3.8, 4) is 0 Å². The monoisotopic (exact) mass is 253 g/mol. The Bertz CT molecular complexity index is 592. The van der Waals surface area contributed by atoms with E-state index in [1.54, 1.807) is 0 Å². The predicted octanol–water partition coefficient (Wildman–Crippen LogP) is 3.70. The van der Waals surface area contributed by atoms with E-state index in [2.05, 4.69) is 17.1 Å². The maximum Gasteiger partial charge on any atom is 0.0829 e. The Labute approximate surface area is 113 Å². The van der Waals surface area contributed by atoms with Gasteiger partial charge in [0.2, 0.25) is 0 Å². The zero-order valence-corrected chi connectivity index (χ0v) is 11.0. The van der Waals surface area contributed by atoms with Gasteiger partial charge in [-0.05, 0) is 47.6 Å². The van der Waals surface area contributed by atoms with Crippen molar-refractivity contribution in [3.05, 3.63) is 42.2 Å². The third-order valence-electron chi connectivity index (χ3n) is 5.12. The largest absolute Gasteiger partial charge is 0.388 e. The fourth-order valence-corrected chi connectivity index (χ4v) is 4.13. The van der Waals surface area contributed by atoms with Gasteiger partial charge in [0.1, 0.15) is 0 Å². The van der Waals surface area contributed by atoms with Crippen LogP contribution in [-0.4, -0.2) is 10.1 Å². The van der Waals surface area contributed by atoms with Gasteiger partial charge in [0, 0.05) is 17.8 Å². The minimum atomic E-state index is -0.292. The maximum atomic E-state index is 10.8. The summed E-state index contributed by atoms with van der Waals surface area (Å²) in [5, 5.41) is 13.1. The van der Waals surface area contributed by atoms with Crippen molar-refractivity contribution in [3.63, 3.8) is 0 Å². The Morgan fingerprint density at radius 2 is 1.89 bits per heavy atom. The van der Waals surface area contributed by atoms with Crippen LogP contribution in [0.2, 0.25) is 0 Å². The molecule has 1 aromatic heterocycles. The highest BCUT2D eigenvalue weighted by Crippen LogP contribution is 2.60. The summed E-state index contributed by atoms with van der Waals surface area (Å²) in [5.41, 5.74) is 1.10. The second-order valence-corrected chi connectivity index (χ2v) is 6.08. The summed E-state index contributed by atoms with van der Waals surface area (Å²) < 4.78 is 0. The molecule has 2 aromatic rings. The molecule has 1 aromatic carbocycles. The van der Waals surface area contributed by atoms with Crippen molar-refractivity contribution in [1.29, 1.82) is 0 Å². The van der Waals surface area contributed by atoms with Crippen molar-refractivity contribution in [2.45, 2.75) is 31.8 Å². The first-order valence-corrected chi connectivity index (χ1v) is 7.37. The van der Waals surface area contributed by atoms with E-state index in [0.29, 0.717) is 5.92 Å². The van der Waals surface area contributed by atoms with E-state index in [0.717, 1.165) is 28.2 Å². The van der Waals surface area contributed by atoms with Crippen molar-refractivity contribution < 1.29 is 5.11 Å². The number of aliphatic hydroxyl groups is 1. The molecule has 19 heavy (non-hydrogen) atoms. The third-order valence-corrected chi connectivity index (χ3v) is 5.12. The highest BCUT2D eigenvalue weighted by molar-refractivity contribution is 5.85. The summed E-state index contributed by atoms with van der Waals surface area (Å²) in [6, 6.07) is 8.21. The SMILES string of the molecule is OC(c1cccc2cnccc12)C1C2CCCCC21. The van der Waals surface area contributed by atoms with Crippen LogP contribution in [0, 0.1) is 17.8 Å². The molecule has 1 N–H and O–H groups in total. The first-order chi connectivity index (χ1) is 9.36. The Kier molecular flexibility index (Phi) is 2.59. The topological polar surface area (TPSA) is 33.1 Å². The fraction of sp³-hybridized carbons (Fsp3) is 0.471. The fourth-order valence-electron chi connectivity index (χ4n) is 4.13. The van der Waals surface area contributed by atoms with Crippen LogP contribution in [0.5, 0.6) is 0 Å². The molecule has 2 saturated carbocycles. The number of benzene rings is 1. The predicted molar refractivity (Wildman–Crippen MR) is 75.6 cm³/mol. The van der Waals surface area contributed by atoms with Gasteiger partial charge in [-0.3, -0.25) is 4.98 Å². The molecule has 0 radical (unpaired) electrons. The van der Waals surface area contributed by atoms with E-state index in [-0.39, 0.29) is 6.10 Å². The van der Waals surface area contributed by atoms with E-state index in [1.807, 2.05) is 24.5 Å². The van der Waals surface area contributed by atoms with Crippen LogP contribution in [0.1, 0.15) is 37.4 Å². The van der Waals surface area contributed by atoms with Gasteiger partial charge < -0.3 is 5.11 Å². The maximum absolute atomic E-state index is 10.8. The molecule has 2 nitrogen and oxygen atoms in total. The van der Waals surface area contributed by atoms with Crippen LogP contribution in [0.15, 0.2) is 36.7 Å². The minimum absolute atomic E-state index is 0.292. The number of aliphatic hydroxyl groups excluding tert-OH is 1. The Morgan fingerprint density at radius 1 is 1.11 bits per heavy atom. The minimum Gasteiger partial charge on any atom is -0.388 e. The van der Waals surface area contributed by atoms with Gasteiger partial charge in [-0.15, -0.1) is 0 Å². The molecular formula is C17H19NO. The molecule has 0 aliphatic heterocycles. The number of aromatic nitrogens is 1. The molecule has 2 aliphatic rings. The standard InChI is InChI=1S/C17H19NO/c19-17(16-13-5-1-2-6-14(13)16)15-7-3-4-11-10-18-9-8-12(11)15/h3-4,7-10,13-14,16-17,19H,1-2,5-6H2. The lowest BCUT2D eigenvalue weighted by Gasteiger charge is -2.13. The zero-order valence-electron chi connectivity index (χ0n) is 11.0. The average molecular weight is 253 g/mol. The number of nitrogens with zero attached hydrogens (tertiary/aromatic N) is 1.